The van der Waals surface area contributed by atoms with Crippen molar-refractivity contribution < 1.29 is 14.6 Å². The number of allylic oxidation sites excluding steroid dienone is 1. The molecule has 0 amide bonds. The SMILES string of the molecule is CCOc1cccc(/C=C/C(=O)c2cccc(O)c2)c1. The zero-order valence-electron chi connectivity index (χ0n) is 11.2. The van der Waals surface area contributed by atoms with Crippen molar-refractivity contribution in [3.8, 4) is 11.5 Å². The van der Waals surface area contributed by atoms with Gasteiger partial charge >= 0.3 is 0 Å². The maximum atomic E-state index is 12.0. The molecule has 0 heterocycles. The molecule has 0 aliphatic heterocycles. The van der Waals surface area contributed by atoms with Gasteiger partial charge in [0.2, 0.25) is 0 Å². The Morgan fingerprint density at radius 1 is 1.20 bits per heavy atom. The third-order valence-corrected chi connectivity index (χ3v) is 2.73. The van der Waals surface area contributed by atoms with Crippen molar-refractivity contribution >= 4 is 11.9 Å². The molecule has 3 nitrogen and oxygen atoms in total. The smallest absolute Gasteiger partial charge is 0.185 e. The maximum Gasteiger partial charge on any atom is 0.185 e. The highest BCUT2D eigenvalue weighted by Gasteiger charge is 2.02. The molecule has 0 radical (unpaired) electrons. The van der Waals surface area contributed by atoms with Crippen LogP contribution >= 0.6 is 0 Å². The fourth-order valence-corrected chi connectivity index (χ4v) is 1.80. The summed E-state index contributed by atoms with van der Waals surface area (Å²) in [5, 5.41) is 9.35. The van der Waals surface area contributed by atoms with Crippen LogP contribution in [-0.2, 0) is 0 Å². The number of carbonyl (C=O) groups is 1. The fraction of sp³-hybridized carbons (Fsp3) is 0.118. The summed E-state index contributed by atoms with van der Waals surface area (Å²) in [6.07, 6.45) is 3.22. The topological polar surface area (TPSA) is 46.5 Å². The van der Waals surface area contributed by atoms with Gasteiger partial charge < -0.3 is 9.84 Å². The minimum absolute atomic E-state index is 0.0857. The highest BCUT2D eigenvalue weighted by Crippen LogP contribution is 2.16. The molecular weight excluding hydrogens is 252 g/mol. The summed E-state index contributed by atoms with van der Waals surface area (Å²) in [6, 6.07) is 13.8. The first kappa shape index (κ1) is 13.9. The van der Waals surface area contributed by atoms with Crippen LogP contribution in [0, 0.1) is 0 Å². The molecule has 3 heteroatoms. The van der Waals surface area contributed by atoms with Crippen LogP contribution < -0.4 is 4.74 Å². The standard InChI is InChI=1S/C17H16O3/c1-2-20-16-8-3-5-13(11-16)9-10-17(19)14-6-4-7-15(18)12-14/h3-12,18H,2H2,1H3/b10-9+. The van der Waals surface area contributed by atoms with E-state index in [-0.39, 0.29) is 11.5 Å². The Labute approximate surface area is 118 Å². The fourth-order valence-electron chi connectivity index (χ4n) is 1.80. The number of aromatic hydroxyl groups is 1. The van der Waals surface area contributed by atoms with Gasteiger partial charge in [-0.05, 0) is 42.8 Å². The maximum absolute atomic E-state index is 12.0. The second-order valence-corrected chi connectivity index (χ2v) is 4.25. The second-order valence-electron chi connectivity index (χ2n) is 4.25. The molecule has 0 bridgehead atoms. The van der Waals surface area contributed by atoms with Gasteiger partial charge in [-0.15, -0.1) is 0 Å². The van der Waals surface area contributed by atoms with E-state index in [9.17, 15) is 9.90 Å². The predicted octanol–water partition coefficient (Wildman–Crippen LogP) is 3.69. The molecule has 0 fully saturated rings. The Balaban J connectivity index is 2.12. The lowest BCUT2D eigenvalue weighted by atomic mass is 10.1. The largest absolute Gasteiger partial charge is 0.508 e. The number of ketones is 1. The van der Waals surface area contributed by atoms with E-state index in [1.165, 1.54) is 18.2 Å². The summed E-state index contributed by atoms with van der Waals surface area (Å²) in [6.45, 7) is 2.53. The van der Waals surface area contributed by atoms with Crippen LogP contribution in [0.2, 0.25) is 0 Å². The first-order valence-corrected chi connectivity index (χ1v) is 6.43. The molecule has 0 unspecified atom stereocenters. The van der Waals surface area contributed by atoms with E-state index in [2.05, 4.69) is 0 Å². The molecule has 0 aliphatic rings. The van der Waals surface area contributed by atoms with Crippen molar-refractivity contribution in [1.29, 1.82) is 0 Å². The van der Waals surface area contributed by atoms with Crippen molar-refractivity contribution in [3.05, 3.63) is 65.7 Å². The first-order chi connectivity index (χ1) is 9.69. The molecule has 2 aromatic carbocycles. The summed E-state index contributed by atoms with van der Waals surface area (Å²) in [5.74, 6) is 0.713. The molecule has 0 atom stereocenters. The van der Waals surface area contributed by atoms with E-state index < -0.39 is 0 Å². The van der Waals surface area contributed by atoms with E-state index in [1.807, 2.05) is 31.2 Å². The number of ether oxygens (including phenoxy) is 1. The van der Waals surface area contributed by atoms with Crippen LogP contribution in [0.1, 0.15) is 22.8 Å². The highest BCUT2D eigenvalue weighted by atomic mass is 16.5. The van der Waals surface area contributed by atoms with E-state index in [0.29, 0.717) is 12.2 Å². The predicted molar refractivity (Wildman–Crippen MR) is 79.1 cm³/mol. The number of hydrogen-bond acceptors (Lipinski definition) is 3. The molecule has 0 saturated heterocycles. The molecule has 0 aliphatic carbocycles. The zero-order chi connectivity index (χ0) is 14.4. The van der Waals surface area contributed by atoms with Gasteiger partial charge in [0.25, 0.3) is 0 Å². The van der Waals surface area contributed by atoms with E-state index >= 15 is 0 Å². The molecule has 20 heavy (non-hydrogen) atoms. The molecule has 0 saturated carbocycles. The Hall–Kier alpha value is -2.55. The van der Waals surface area contributed by atoms with Crippen LogP contribution in [0.5, 0.6) is 11.5 Å². The highest BCUT2D eigenvalue weighted by molar-refractivity contribution is 6.07. The second kappa shape index (κ2) is 6.57. The number of benzene rings is 2. The summed E-state index contributed by atoms with van der Waals surface area (Å²) >= 11 is 0. The van der Waals surface area contributed by atoms with Crippen molar-refractivity contribution in [2.45, 2.75) is 6.92 Å². The monoisotopic (exact) mass is 268 g/mol. The van der Waals surface area contributed by atoms with Gasteiger partial charge in [0.1, 0.15) is 11.5 Å². The Morgan fingerprint density at radius 2 is 2.00 bits per heavy atom. The lowest BCUT2D eigenvalue weighted by Crippen LogP contribution is -1.93. The number of hydrogen-bond donors (Lipinski definition) is 1. The summed E-state index contributed by atoms with van der Waals surface area (Å²) in [7, 11) is 0. The van der Waals surface area contributed by atoms with Gasteiger partial charge in [-0.2, -0.15) is 0 Å². The van der Waals surface area contributed by atoms with Crippen LogP contribution in [0.15, 0.2) is 54.6 Å². The summed E-state index contributed by atoms with van der Waals surface area (Å²) < 4.78 is 5.40. The molecule has 0 spiro atoms. The minimum atomic E-state index is -0.150. The van der Waals surface area contributed by atoms with Gasteiger partial charge in [-0.25, -0.2) is 0 Å². The molecule has 2 aromatic rings. The molecule has 102 valence electrons. The van der Waals surface area contributed by atoms with Gasteiger partial charge in [-0.1, -0.05) is 30.3 Å². The first-order valence-electron chi connectivity index (χ1n) is 6.43. The van der Waals surface area contributed by atoms with E-state index in [1.54, 1.807) is 18.2 Å². The molecule has 2 rings (SSSR count). The van der Waals surface area contributed by atoms with Crippen LogP contribution in [-0.4, -0.2) is 17.5 Å². The van der Waals surface area contributed by atoms with Crippen molar-refractivity contribution in [3.63, 3.8) is 0 Å². The average Bonchev–Trinajstić information content (AvgIpc) is 2.45. The third kappa shape index (κ3) is 3.72. The van der Waals surface area contributed by atoms with Crippen molar-refractivity contribution in [1.82, 2.24) is 0 Å². The molecular formula is C17H16O3. The Bertz CT molecular complexity index is 630. The zero-order valence-corrected chi connectivity index (χ0v) is 11.2. The third-order valence-electron chi connectivity index (χ3n) is 2.73. The van der Waals surface area contributed by atoms with E-state index in [0.717, 1.165) is 11.3 Å². The number of phenolic OH excluding ortho intramolecular Hbond substituents is 1. The molecule has 0 aromatic heterocycles. The normalized spacial score (nSPS) is 10.7. The van der Waals surface area contributed by atoms with Crippen LogP contribution in [0.3, 0.4) is 0 Å². The minimum Gasteiger partial charge on any atom is -0.508 e. The van der Waals surface area contributed by atoms with Crippen LogP contribution in [0.4, 0.5) is 0 Å². The van der Waals surface area contributed by atoms with Crippen molar-refractivity contribution in [2.24, 2.45) is 0 Å². The number of carbonyl (C=O) groups excluding carboxylic acids is 1. The quantitative estimate of drug-likeness (QED) is 0.664. The van der Waals surface area contributed by atoms with E-state index in [4.69, 9.17) is 4.74 Å². The Kier molecular flexibility index (Phi) is 4.56. The summed E-state index contributed by atoms with van der Waals surface area (Å²) in [4.78, 5) is 12.0. The lowest BCUT2D eigenvalue weighted by molar-refractivity contribution is 0.104. The van der Waals surface area contributed by atoms with Gasteiger partial charge in [0.05, 0.1) is 6.61 Å². The van der Waals surface area contributed by atoms with Gasteiger partial charge in [0, 0.05) is 5.56 Å². The molecule has 1 N–H and O–H groups in total. The number of rotatable bonds is 5. The van der Waals surface area contributed by atoms with Crippen LogP contribution in [0.25, 0.3) is 6.08 Å². The van der Waals surface area contributed by atoms with Crippen molar-refractivity contribution in [2.75, 3.05) is 6.61 Å². The lowest BCUT2D eigenvalue weighted by Gasteiger charge is -2.03. The average molecular weight is 268 g/mol. The summed E-state index contributed by atoms with van der Waals surface area (Å²) in [5.41, 5.74) is 1.35. The number of phenols is 1. The Morgan fingerprint density at radius 3 is 2.75 bits per heavy atom. The van der Waals surface area contributed by atoms with Gasteiger partial charge in [0.15, 0.2) is 5.78 Å². The van der Waals surface area contributed by atoms with Gasteiger partial charge in [-0.3, -0.25) is 4.79 Å².